The molecule has 8 nitrogen and oxygen atoms in total. The summed E-state index contributed by atoms with van der Waals surface area (Å²) < 4.78 is 33.1. The minimum absolute atomic E-state index is 0.00441. The summed E-state index contributed by atoms with van der Waals surface area (Å²) in [6.45, 7) is 4.91. The van der Waals surface area contributed by atoms with E-state index in [1.165, 1.54) is 12.1 Å². The van der Waals surface area contributed by atoms with Gasteiger partial charge < -0.3 is 15.0 Å². The molecule has 2 N–H and O–H groups in total. The third kappa shape index (κ3) is 5.15. The summed E-state index contributed by atoms with van der Waals surface area (Å²) in [5.74, 6) is -0.350. The molecule has 3 aromatic rings. The number of morpholine rings is 1. The maximum atomic E-state index is 12.9. The van der Waals surface area contributed by atoms with Crippen molar-refractivity contribution in [3.05, 3.63) is 59.0 Å². The van der Waals surface area contributed by atoms with Crippen molar-refractivity contribution >= 4 is 38.1 Å². The van der Waals surface area contributed by atoms with Crippen molar-refractivity contribution in [3.8, 4) is 11.3 Å². The number of carbonyl (C=O) groups is 1. The van der Waals surface area contributed by atoms with Gasteiger partial charge in [-0.2, -0.15) is 0 Å². The summed E-state index contributed by atoms with van der Waals surface area (Å²) in [5.41, 5.74) is 3.52. The lowest BCUT2D eigenvalue weighted by atomic mass is 10.1. The number of amides is 1. The highest BCUT2D eigenvalue weighted by Gasteiger charge is 2.28. The van der Waals surface area contributed by atoms with Gasteiger partial charge in [0.15, 0.2) is 5.13 Å². The number of ether oxygens (including phenoxy) is 1. The molecule has 34 heavy (non-hydrogen) atoms. The van der Waals surface area contributed by atoms with Gasteiger partial charge >= 0.3 is 0 Å². The van der Waals surface area contributed by atoms with Crippen LogP contribution in [-0.4, -0.2) is 51.7 Å². The van der Waals surface area contributed by atoms with Crippen LogP contribution in [-0.2, 0) is 14.8 Å². The van der Waals surface area contributed by atoms with Gasteiger partial charge in [0, 0.05) is 41.3 Å². The van der Waals surface area contributed by atoms with Crippen LogP contribution in [0, 0.1) is 6.92 Å². The van der Waals surface area contributed by atoms with E-state index in [0.717, 1.165) is 42.3 Å². The number of rotatable bonds is 7. The number of sulfonamides is 1. The average molecular weight is 499 g/mol. The molecule has 2 aliphatic rings. The fourth-order valence-corrected chi connectivity index (χ4v) is 5.94. The molecule has 2 heterocycles. The van der Waals surface area contributed by atoms with E-state index in [1.54, 1.807) is 24.3 Å². The van der Waals surface area contributed by atoms with Gasteiger partial charge in [-0.25, -0.2) is 18.1 Å². The lowest BCUT2D eigenvalue weighted by molar-refractivity contribution is 0.102. The third-order valence-electron chi connectivity index (χ3n) is 5.88. The number of carbonyl (C=O) groups excluding carboxylic acids is 1. The van der Waals surface area contributed by atoms with Crippen molar-refractivity contribution in [3.63, 3.8) is 0 Å². The van der Waals surface area contributed by atoms with E-state index in [1.807, 2.05) is 29.6 Å². The first-order valence-corrected chi connectivity index (χ1v) is 13.6. The van der Waals surface area contributed by atoms with Gasteiger partial charge in [-0.15, -0.1) is 11.3 Å². The summed E-state index contributed by atoms with van der Waals surface area (Å²) in [6, 6.07) is 12.1. The van der Waals surface area contributed by atoms with Crippen molar-refractivity contribution in [1.82, 2.24) is 9.71 Å². The molecule has 2 aromatic carbocycles. The Balaban J connectivity index is 1.28. The molecule has 0 bridgehead atoms. The summed E-state index contributed by atoms with van der Waals surface area (Å²) in [7, 11) is -3.63. The Kier molecular flexibility index (Phi) is 6.39. The lowest BCUT2D eigenvalue weighted by Gasteiger charge is -2.26. The monoisotopic (exact) mass is 498 g/mol. The van der Waals surface area contributed by atoms with Crippen molar-refractivity contribution in [1.29, 1.82) is 0 Å². The standard InChI is InChI=1S/C24H26N4O4S2/c1-16-2-9-20(34(30,31)27-19-7-8-19)14-21(16)23(29)25-18-5-3-17(4-6-18)22-15-33-24(26-22)28-10-12-32-13-11-28/h2-6,9,14-15,19,27H,7-8,10-13H2,1H3,(H,25,29). The van der Waals surface area contributed by atoms with Crippen LogP contribution in [0.1, 0.15) is 28.8 Å². The second-order valence-corrected chi connectivity index (χ2v) is 11.1. The van der Waals surface area contributed by atoms with Gasteiger partial charge in [-0.3, -0.25) is 4.79 Å². The van der Waals surface area contributed by atoms with Crippen LogP contribution in [0.15, 0.2) is 52.7 Å². The van der Waals surface area contributed by atoms with E-state index in [2.05, 4.69) is 14.9 Å². The van der Waals surface area contributed by atoms with Crippen molar-refractivity contribution in [2.75, 3.05) is 36.5 Å². The molecular weight excluding hydrogens is 472 g/mol. The molecule has 0 radical (unpaired) electrons. The molecule has 0 unspecified atom stereocenters. The van der Waals surface area contributed by atoms with E-state index in [4.69, 9.17) is 9.72 Å². The van der Waals surface area contributed by atoms with Gasteiger partial charge in [0.25, 0.3) is 5.91 Å². The molecule has 1 amide bonds. The molecule has 1 saturated carbocycles. The van der Waals surface area contributed by atoms with Crippen LogP contribution in [0.3, 0.4) is 0 Å². The van der Waals surface area contributed by atoms with Crippen LogP contribution >= 0.6 is 11.3 Å². The smallest absolute Gasteiger partial charge is 0.255 e. The predicted molar refractivity (Wildman–Crippen MR) is 133 cm³/mol. The zero-order chi connectivity index (χ0) is 23.7. The molecule has 0 spiro atoms. The Morgan fingerprint density at radius 1 is 1.12 bits per heavy atom. The number of hydrogen-bond donors (Lipinski definition) is 2. The van der Waals surface area contributed by atoms with Crippen LogP contribution in [0.2, 0.25) is 0 Å². The second-order valence-electron chi connectivity index (χ2n) is 8.52. The van der Waals surface area contributed by atoms with Gasteiger partial charge in [-0.05, 0) is 49.6 Å². The number of benzene rings is 2. The number of hydrogen-bond acceptors (Lipinski definition) is 7. The molecule has 1 aliphatic heterocycles. The molecule has 1 aromatic heterocycles. The minimum Gasteiger partial charge on any atom is -0.378 e. The van der Waals surface area contributed by atoms with Gasteiger partial charge in [0.1, 0.15) is 0 Å². The topological polar surface area (TPSA) is 101 Å². The molecule has 5 rings (SSSR count). The first kappa shape index (κ1) is 23.0. The molecule has 178 valence electrons. The van der Waals surface area contributed by atoms with E-state index in [0.29, 0.717) is 30.0 Å². The first-order valence-electron chi connectivity index (χ1n) is 11.2. The Morgan fingerprint density at radius 3 is 2.56 bits per heavy atom. The van der Waals surface area contributed by atoms with Crippen LogP contribution < -0.4 is 14.9 Å². The number of nitrogens with zero attached hydrogens (tertiary/aromatic N) is 2. The predicted octanol–water partition coefficient (Wildman–Crippen LogP) is 3.65. The second kappa shape index (κ2) is 9.46. The maximum Gasteiger partial charge on any atom is 0.255 e. The van der Waals surface area contributed by atoms with E-state index >= 15 is 0 Å². The highest BCUT2D eigenvalue weighted by Crippen LogP contribution is 2.29. The summed E-state index contributed by atoms with van der Waals surface area (Å²) in [5, 5.41) is 5.89. The fourth-order valence-electron chi connectivity index (χ4n) is 3.72. The van der Waals surface area contributed by atoms with E-state index in [9.17, 15) is 13.2 Å². The molecular formula is C24H26N4O4S2. The Labute approximate surface area is 203 Å². The highest BCUT2D eigenvalue weighted by atomic mass is 32.2. The summed E-state index contributed by atoms with van der Waals surface area (Å²) >= 11 is 1.61. The quantitative estimate of drug-likeness (QED) is 0.516. The van der Waals surface area contributed by atoms with Crippen LogP contribution in [0.25, 0.3) is 11.3 Å². The minimum atomic E-state index is -3.63. The van der Waals surface area contributed by atoms with Gasteiger partial charge in [-0.1, -0.05) is 18.2 Å². The number of aryl methyl sites for hydroxylation is 1. The fraction of sp³-hybridized carbons (Fsp3) is 0.333. The van der Waals surface area contributed by atoms with E-state index < -0.39 is 10.0 Å². The third-order valence-corrected chi connectivity index (χ3v) is 8.29. The zero-order valence-electron chi connectivity index (χ0n) is 18.8. The highest BCUT2D eigenvalue weighted by molar-refractivity contribution is 7.89. The van der Waals surface area contributed by atoms with Gasteiger partial charge in [0.05, 0.1) is 23.8 Å². The van der Waals surface area contributed by atoms with Crippen molar-refractivity contribution in [2.45, 2.75) is 30.7 Å². The first-order chi connectivity index (χ1) is 16.4. The normalized spacial score (nSPS) is 16.4. The number of nitrogens with one attached hydrogen (secondary N) is 2. The van der Waals surface area contributed by atoms with Crippen LogP contribution in [0.5, 0.6) is 0 Å². The molecule has 10 heteroatoms. The largest absolute Gasteiger partial charge is 0.378 e. The Bertz CT molecular complexity index is 1290. The van der Waals surface area contributed by atoms with E-state index in [-0.39, 0.29) is 16.8 Å². The summed E-state index contributed by atoms with van der Waals surface area (Å²) in [4.78, 5) is 20.0. The summed E-state index contributed by atoms with van der Waals surface area (Å²) in [6.07, 6.45) is 1.70. The molecule has 0 atom stereocenters. The lowest BCUT2D eigenvalue weighted by Crippen LogP contribution is -2.36. The number of aromatic nitrogens is 1. The number of anilines is 2. The Morgan fingerprint density at radius 2 is 1.85 bits per heavy atom. The van der Waals surface area contributed by atoms with Crippen molar-refractivity contribution in [2.24, 2.45) is 0 Å². The number of thiazole rings is 1. The SMILES string of the molecule is Cc1ccc(S(=O)(=O)NC2CC2)cc1C(=O)Nc1ccc(-c2csc(N3CCOCC3)n2)cc1. The van der Waals surface area contributed by atoms with Crippen LogP contribution in [0.4, 0.5) is 10.8 Å². The molecule has 2 fully saturated rings. The zero-order valence-corrected chi connectivity index (χ0v) is 20.4. The maximum absolute atomic E-state index is 12.9. The van der Waals surface area contributed by atoms with Gasteiger partial charge in [0.2, 0.25) is 10.0 Å². The molecule has 1 aliphatic carbocycles. The molecule has 1 saturated heterocycles. The Hall–Kier alpha value is -2.79. The van der Waals surface area contributed by atoms with Crippen molar-refractivity contribution < 1.29 is 17.9 Å². The average Bonchev–Trinajstić information content (AvgIpc) is 3.50.